The summed E-state index contributed by atoms with van der Waals surface area (Å²) in [6.07, 6.45) is 0. The number of aryl methyl sites for hydroxylation is 2. The van der Waals surface area contributed by atoms with E-state index in [4.69, 9.17) is 23.8 Å². The molecule has 2 N–H and O–H groups in total. The highest BCUT2D eigenvalue weighted by atomic mass is 35.5. The number of halogens is 1. The standard InChI is InChI=1S/C17H17ClN2OS2/c1-11-7-12(2)9-14(8-11)19-17(22)20-16(21)10-23-15-5-3-13(18)4-6-15/h3-9H,10H2,1-2H3,(H2,19,20,21,22). The maximum atomic E-state index is 11.9. The highest BCUT2D eigenvalue weighted by molar-refractivity contribution is 8.00. The minimum Gasteiger partial charge on any atom is -0.332 e. The minimum atomic E-state index is -0.146. The number of rotatable bonds is 4. The van der Waals surface area contributed by atoms with Gasteiger partial charge in [0, 0.05) is 15.6 Å². The summed E-state index contributed by atoms with van der Waals surface area (Å²) >= 11 is 12.4. The van der Waals surface area contributed by atoms with Gasteiger partial charge in [-0.3, -0.25) is 4.79 Å². The molecular formula is C17H17ClN2OS2. The number of carbonyl (C=O) groups is 1. The van der Waals surface area contributed by atoms with Gasteiger partial charge in [0.05, 0.1) is 5.75 Å². The lowest BCUT2D eigenvalue weighted by molar-refractivity contribution is -0.117. The summed E-state index contributed by atoms with van der Waals surface area (Å²) < 4.78 is 0. The van der Waals surface area contributed by atoms with Gasteiger partial charge in [0.1, 0.15) is 0 Å². The molecule has 0 fully saturated rings. The highest BCUT2D eigenvalue weighted by Crippen LogP contribution is 2.20. The zero-order chi connectivity index (χ0) is 16.8. The second-order valence-electron chi connectivity index (χ2n) is 5.12. The van der Waals surface area contributed by atoms with Crippen LogP contribution in [0.15, 0.2) is 47.4 Å². The van der Waals surface area contributed by atoms with Gasteiger partial charge in [-0.1, -0.05) is 17.7 Å². The molecule has 3 nitrogen and oxygen atoms in total. The van der Waals surface area contributed by atoms with Gasteiger partial charge in [-0.05, 0) is 73.6 Å². The van der Waals surface area contributed by atoms with Crippen LogP contribution in [0.25, 0.3) is 0 Å². The molecule has 0 aliphatic rings. The van der Waals surface area contributed by atoms with Crippen molar-refractivity contribution in [2.45, 2.75) is 18.7 Å². The minimum absolute atomic E-state index is 0.146. The van der Waals surface area contributed by atoms with Crippen molar-refractivity contribution in [1.82, 2.24) is 5.32 Å². The fraction of sp³-hybridized carbons (Fsp3) is 0.176. The lowest BCUT2D eigenvalue weighted by Crippen LogP contribution is -2.35. The first-order valence-corrected chi connectivity index (χ1v) is 8.77. The maximum absolute atomic E-state index is 11.9. The summed E-state index contributed by atoms with van der Waals surface area (Å²) in [6, 6.07) is 13.4. The first-order chi connectivity index (χ1) is 10.9. The third-order valence-electron chi connectivity index (χ3n) is 2.92. The average molecular weight is 365 g/mol. The summed E-state index contributed by atoms with van der Waals surface area (Å²) in [5.41, 5.74) is 3.15. The Labute approximate surface area is 150 Å². The summed E-state index contributed by atoms with van der Waals surface area (Å²) in [4.78, 5) is 12.9. The molecule has 0 spiro atoms. The SMILES string of the molecule is Cc1cc(C)cc(NC(=S)NC(=O)CSc2ccc(Cl)cc2)c1. The molecule has 0 aromatic heterocycles. The number of benzene rings is 2. The molecule has 0 bridgehead atoms. The summed E-state index contributed by atoms with van der Waals surface area (Å²) in [5.74, 6) is 0.142. The van der Waals surface area contributed by atoms with E-state index >= 15 is 0 Å². The van der Waals surface area contributed by atoms with E-state index in [-0.39, 0.29) is 11.7 Å². The first kappa shape index (κ1) is 17.8. The molecule has 2 rings (SSSR count). The van der Waals surface area contributed by atoms with Crippen LogP contribution in [0.2, 0.25) is 5.02 Å². The number of thiocarbonyl (C=S) groups is 1. The van der Waals surface area contributed by atoms with E-state index in [9.17, 15) is 4.79 Å². The van der Waals surface area contributed by atoms with Crippen LogP contribution >= 0.6 is 35.6 Å². The van der Waals surface area contributed by atoms with Crippen LogP contribution < -0.4 is 10.6 Å². The second kappa shape index (κ2) is 8.34. The Hall–Kier alpha value is -1.56. The topological polar surface area (TPSA) is 41.1 Å². The smallest absolute Gasteiger partial charge is 0.236 e. The van der Waals surface area contributed by atoms with Gasteiger partial charge >= 0.3 is 0 Å². The number of thioether (sulfide) groups is 1. The molecular weight excluding hydrogens is 348 g/mol. The average Bonchev–Trinajstić information content (AvgIpc) is 2.45. The zero-order valence-corrected chi connectivity index (χ0v) is 15.2. The third kappa shape index (κ3) is 6.22. The van der Waals surface area contributed by atoms with E-state index in [0.717, 1.165) is 21.7 Å². The zero-order valence-electron chi connectivity index (χ0n) is 12.9. The molecule has 0 aliphatic heterocycles. The Bertz CT molecular complexity index is 697. The van der Waals surface area contributed by atoms with Crippen LogP contribution in [0.1, 0.15) is 11.1 Å². The van der Waals surface area contributed by atoms with Gasteiger partial charge in [0.25, 0.3) is 0 Å². The molecule has 0 unspecified atom stereocenters. The first-order valence-electron chi connectivity index (χ1n) is 7.00. The van der Waals surface area contributed by atoms with Crippen LogP contribution in [0.4, 0.5) is 5.69 Å². The summed E-state index contributed by atoms with van der Waals surface area (Å²) in [5, 5.41) is 6.70. The van der Waals surface area contributed by atoms with Crippen LogP contribution in [-0.2, 0) is 4.79 Å². The Morgan fingerprint density at radius 1 is 1.13 bits per heavy atom. The number of amides is 1. The van der Waals surface area contributed by atoms with Crippen molar-refractivity contribution in [2.24, 2.45) is 0 Å². The van der Waals surface area contributed by atoms with Crippen LogP contribution in [0.5, 0.6) is 0 Å². The largest absolute Gasteiger partial charge is 0.332 e. The van der Waals surface area contributed by atoms with E-state index < -0.39 is 0 Å². The number of anilines is 1. The van der Waals surface area contributed by atoms with Crippen molar-refractivity contribution in [1.29, 1.82) is 0 Å². The molecule has 6 heteroatoms. The molecule has 0 radical (unpaired) electrons. The Kier molecular flexibility index (Phi) is 6.45. The fourth-order valence-electron chi connectivity index (χ4n) is 2.05. The number of nitrogens with one attached hydrogen (secondary N) is 2. The third-order valence-corrected chi connectivity index (χ3v) is 4.38. The van der Waals surface area contributed by atoms with E-state index in [2.05, 4.69) is 16.7 Å². The second-order valence-corrected chi connectivity index (χ2v) is 7.01. The van der Waals surface area contributed by atoms with Crippen molar-refractivity contribution < 1.29 is 4.79 Å². The van der Waals surface area contributed by atoms with Gasteiger partial charge < -0.3 is 10.6 Å². The van der Waals surface area contributed by atoms with E-state index in [1.54, 1.807) is 12.1 Å². The van der Waals surface area contributed by atoms with Gasteiger partial charge in [0.15, 0.2) is 5.11 Å². The monoisotopic (exact) mass is 364 g/mol. The molecule has 0 saturated heterocycles. The number of carbonyl (C=O) groups excluding carboxylic acids is 1. The predicted octanol–water partition coefficient (Wildman–Crippen LogP) is 4.56. The van der Waals surface area contributed by atoms with Crippen molar-refractivity contribution in [3.8, 4) is 0 Å². The summed E-state index contributed by atoms with van der Waals surface area (Å²) in [7, 11) is 0. The molecule has 2 aromatic carbocycles. The molecule has 120 valence electrons. The maximum Gasteiger partial charge on any atom is 0.236 e. The molecule has 0 atom stereocenters. The highest BCUT2D eigenvalue weighted by Gasteiger charge is 2.06. The lowest BCUT2D eigenvalue weighted by atomic mass is 10.1. The van der Waals surface area contributed by atoms with Crippen LogP contribution in [0, 0.1) is 13.8 Å². The van der Waals surface area contributed by atoms with E-state index in [1.807, 2.05) is 38.1 Å². The normalized spacial score (nSPS) is 10.2. The lowest BCUT2D eigenvalue weighted by Gasteiger charge is -2.11. The van der Waals surface area contributed by atoms with Crippen molar-refractivity contribution >= 4 is 52.3 Å². The molecule has 2 aromatic rings. The molecule has 0 aliphatic carbocycles. The fourth-order valence-corrected chi connectivity index (χ4v) is 3.11. The van der Waals surface area contributed by atoms with Crippen molar-refractivity contribution in [3.63, 3.8) is 0 Å². The van der Waals surface area contributed by atoms with E-state index in [1.165, 1.54) is 11.8 Å². The number of hydrogen-bond donors (Lipinski definition) is 2. The molecule has 1 amide bonds. The predicted molar refractivity (Wildman–Crippen MR) is 102 cm³/mol. The van der Waals surface area contributed by atoms with Crippen LogP contribution in [-0.4, -0.2) is 16.8 Å². The summed E-state index contributed by atoms with van der Waals surface area (Å²) in [6.45, 7) is 4.03. The molecule has 23 heavy (non-hydrogen) atoms. The van der Waals surface area contributed by atoms with Gasteiger partial charge in [0.2, 0.25) is 5.91 Å². The van der Waals surface area contributed by atoms with Gasteiger partial charge in [-0.15, -0.1) is 11.8 Å². The Balaban J connectivity index is 1.82. The Morgan fingerprint density at radius 3 is 2.35 bits per heavy atom. The van der Waals surface area contributed by atoms with Crippen LogP contribution in [0.3, 0.4) is 0 Å². The van der Waals surface area contributed by atoms with Gasteiger partial charge in [-0.25, -0.2) is 0 Å². The van der Waals surface area contributed by atoms with Crippen molar-refractivity contribution in [3.05, 3.63) is 58.6 Å². The molecule has 0 heterocycles. The quantitative estimate of drug-likeness (QED) is 0.616. The molecule has 0 saturated carbocycles. The number of hydrogen-bond acceptors (Lipinski definition) is 3. The van der Waals surface area contributed by atoms with Gasteiger partial charge in [-0.2, -0.15) is 0 Å². The van der Waals surface area contributed by atoms with E-state index in [0.29, 0.717) is 10.1 Å². The Morgan fingerprint density at radius 2 is 1.74 bits per heavy atom. The van der Waals surface area contributed by atoms with Crippen molar-refractivity contribution in [2.75, 3.05) is 11.1 Å².